The van der Waals surface area contributed by atoms with Gasteiger partial charge in [-0.2, -0.15) is 0 Å². The molecule has 20 heavy (non-hydrogen) atoms. The van der Waals surface area contributed by atoms with E-state index >= 15 is 0 Å². The van der Waals surface area contributed by atoms with Crippen LogP contribution in [0, 0.1) is 11.6 Å². The standard InChI is InChI=1S/C15H20F2N2O/c1-3-15(6-5-7-15)19-14(20)10-8-11(16)13(18-4-2)12(17)9-10/h8-9,18H,3-7H2,1-2H3,(H,19,20). The molecule has 0 unspecified atom stereocenters. The van der Waals surface area contributed by atoms with Crippen molar-refractivity contribution in [1.29, 1.82) is 0 Å². The number of amides is 1. The van der Waals surface area contributed by atoms with Gasteiger partial charge in [0.1, 0.15) is 17.3 Å². The van der Waals surface area contributed by atoms with Gasteiger partial charge in [-0.1, -0.05) is 6.92 Å². The van der Waals surface area contributed by atoms with Gasteiger partial charge in [0.15, 0.2) is 0 Å². The second-order valence-electron chi connectivity index (χ2n) is 5.29. The van der Waals surface area contributed by atoms with Gasteiger partial charge in [0.2, 0.25) is 0 Å². The minimum absolute atomic E-state index is 0.0291. The molecule has 3 nitrogen and oxygen atoms in total. The fraction of sp³-hybridized carbons (Fsp3) is 0.533. The zero-order valence-corrected chi connectivity index (χ0v) is 11.9. The molecule has 1 aliphatic carbocycles. The van der Waals surface area contributed by atoms with Crippen molar-refractivity contribution in [2.75, 3.05) is 11.9 Å². The Hall–Kier alpha value is -1.65. The molecule has 1 aromatic rings. The van der Waals surface area contributed by atoms with Crippen LogP contribution in [-0.4, -0.2) is 18.0 Å². The van der Waals surface area contributed by atoms with E-state index in [1.165, 1.54) is 0 Å². The van der Waals surface area contributed by atoms with E-state index in [0.717, 1.165) is 37.8 Å². The van der Waals surface area contributed by atoms with Crippen LogP contribution in [0.3, 0.4) is 0 Å². The Bertz CT molecular complexity index is 484. The van der Waals surface area contributed by atoms with Gasteiger partial charge in [-0.25, -0.2) is 8.78 Å². The lowest BCUT2D eigenvalue weighted by Gasteiger charge is -2.42. The average molecular weight is 282 g/mol. The summed E-state index contributed by atoms with van der Waals surface area (Å²) >= 11 is 0. The fourth-order valence-corrected chi connectivity index (χ4v) is 2.53. The molecule has 1 aromatic carbocycles. The highest BCUT2D eigenvalue weighted by molar-refractivity contribution is 5.95. The van der Waals surface area contributed by atoms with Gasteiger partial charge in [-0.05, 0) is 44.7 Å². The Balaban J connectivity index is 2.18. The van der Waals surface area contributed by atoms with E-state index in [2.05, 4.69) is 10.6 Å². The third kappa shape index (κ3) is 2.76. The summed E-state index contributed by atoms with van der Waals surface area (Å²) in [5.74, 6) is -1.89. The molecule has 1 aliphatic rings. The number of benzene rings is 1. The number of hydrogen-bond donors (Lipinski definition) is 2. The van der Waals surface area contributed by atoms with Crippen LogP contribution in [0.4, 0.5) is 14.5 Å². The maximum atomic E-state index is 13.8. The van der Waals surface area contributed by atoms with Gasteiger partial charge >= 0.3 is 0 Å². The maximum Gasteiger partial charge on any atom is 0.251 e. The quantitative estimate of drug-likeness (QED) is 0.868. The molecule has 2 rings (SSSR count). The van der Waals surface area contributed by atoms with E-state index < -0.39 is 17.5 Å². The molecule has 1 fully saturated rings. The number of carbonyl (C=O) groups excluding carboxylic acids is 1. The van der Waals surface area contributed by atoms with Gasteiger partial charge in [0, 0.05) is 17.6 Å². The minimum atomic E-state index is -0.740. The first kappa shape index (κ1) is 14.8. The summed E-state index contributed by atoms with van der Waals surface area (Å²) in [5.41, 5.74) is -0.344. The number of nitrogens with one attached hydrogen (secondary N) is 2. The Kier molecular flexibility index (Phi) is 4.26. The van der Waals surface area contributed by atoms with E-state index in [-0.39, 0.29) is 16.8 Å². The number of anilines is 1. The van der Waals surface area contributed by atoms with Crippen molar-refractivity contribution in [3.05, 3.63) is 29.3 Å². The van der Waals surface area contributed by atoms with Crippen molar-refractivity contribution in [3.63, 3.8) is 0 Å². The van der Waals surface area contributed by atoms with Crippen LogP contribution in [0.15, 0.2) is 12.1 Å². The number of carbonyl (C=O) groups is 1. The van der Waals surface area contributed by atoms with Crippen LogP contribution in [0.5, 0.6) is 0 Å². The molecule has 2 N–H and O–H groups in total. The van der Waals surface area contributed by atoms with Crippen molar-refractivity contribution < 1.29 is 13.6 Å². The first-order valence-electron chi connectivity index (χ1n) is 7.07. The summed E-state index contributed by atoms with van der Waals surface area (Å²) in [5, 5.41) is 5.52. The van der Waals surface area contributed by atoms with Gasteiger partial charge in [-0.3, -0.25) is 4.79 Å². The predicted octanol–water partition coefficient (Wildman–Crippen LogP) is 3.46. The number of rotatable bonds is 5. The molecular formula is C15H20F2N2O. The Morgan fingerprint density at radius 1 is 1.25 bits per heavy atom. The molecule has 1 saturated carbocycles. The first-order chi connectivity index (χ1) is 9.51. The van der Waals surface area contributed by atoms with Gasteiger partial charge < -0.3 is 10.6 Å². The van der Waals surface area contributed by atoms with Crippen LogP contribution >= 0.6 is 0 Å². The minimum Gasteiger partial charge on any atom is -0.381 e. The molecule has 0 aromatic heterocycles. The normalized spacial score (nSPS) is 16.4. The summed E-state index contributed by atoms with van der Waals surface area (Å²) in [6.45, 7) is 4.17. The van der Waals surface area contributed by atoms with Crippen molar-refractivity contribution in [2.45, 2.75) is 45.1 Å². The van der Waals surface area contributed by atoms with Crippen LogP contribution in [-0.2, 0) is 0 Å². The average Bonchev–Trinajstić information content (AvgIpc) is 2.37. The van der Waals surface area contributed by atoms with E-state index in [9.17, 15) is 13.6 Å². The van der Waals surface area contributed by atoms with Crippen molar-refractivity contribution in [1.82, 2.24) is 5.32 Å². The molecular weight excluding hydrogens is 262 g/mol. The second-order valence-corrected chi connectivity index (χ2v) is 5.29. The highest BCUT2D eigenvalue weighted by atomic mass is 19.1. The lowest BCUT2D eigenvalue weighted by atomic mass is 9.74. The fourth-order valence-electron chi connectivity index (χ4n) is 2.53. The van der Waals surface area contributed by atoms with Crippen LogP contribution in [0.2, 0.25) is 0 Å². The van der Waals surface area contributed by atoms with Crippen LogP contribution in [0.25, 0.3) is 0 Å². The molecule has 0 aliphatic heterocycles. The Morgan fingerprint density at radius 2 is 1.85 bits per heavy atom. The van der Waals surface area contributed by atoms with Crippen molar-refractivity contribution in [3.8, 4) is 0 Å². The first-order valence-corrected chi connectivity index (χ1v) is 7.07. The molecule has 1 amide bonds. The van der Waals surface area contributed by atoms with Gasteiger partial charge in [0.05, 0.1) is 0 Å². The lowest BCUT2D eigenvalue weighted by Crippen LogP contribution is -2.53. The van der Waals surface area contributed by atoms with E-state index in [1.54, 1.807) is 6.92 Å². The van der Waals surface area contributed by atoms with Crippen LogP contribution in [0.1, 0.15) is 49.9 Å². The largest absolute Gasteiger partial charge is 0.381 e. The van der Waals surface area contributed by atoms with Crippen molar-refractivity contribution >= 4 is 11.6 Å². The molecule has 110 valence electrons. The number of hydrogen-bond acceptors (Lipinski definition) is 2. The van der Waals surface area contributed by atoms with E-state index in [4.69, 9.17) is 0 Å². The lowest BCUT2D eigenvalue weighted by molar-refractivity contribution is 0.0819. The second kappa shape index (κ2) is 5.77. The smallest absolute Gasteiger partial charge is 0.251 e. The molecule has 5 heteroatoms. The zero-order valence-electron chi connectivity index (χ0n) is 11.9. The Morgan fingerprint density at radius 3 is 2.25 bits per heavy atom. The highest BCUT2D eigenvalue weighted by Crippen LogP contribution is 2.35. The molecule has 0 atom stereocenters. The predicted molar refractivity (Wildman–Crippen MR) is 74.9 cm³/mol. The Labute approximate surface area is 117 Å². The third-order valence-corrected chi connectivity index (χ3v) is 4.02. The summed E-state index contributed by atoms with van der Waals surface area (Å²) < 4.78 is 27.6. The molecule has 0 radical (unpaired) electrons. The molecule has 0 saturated heterocycles. The SMILES string of the molecule is CCNc1c(F)cc(C(=O)NC2(CC)CCC2)cc1F. The zero-order chi connectivity index (χ0) is 14.8. The van der Waals surface area contributed by atoms with E-state index in [1.807, 2.05) is 6.92 Å². The van der Waals surface area contributed by atoms with Crippen molar-refractivity contribution in [2.24, 2.45) is 0 Å². The van der Waals surface area contributed by atoms with Crippen LogP contribution < -0.4 is 10.6 Å². The van der Waals surface area contributed by atoms with Gasteiger partial charge in [-0.15, -0.1) is 0 Å². The summed E-state index contributed by atoms with van der Waals surface area (Å²) in [7, 11) is 0. The maximum absolute atomic E-state index is 13.8. The molecule has 0 bridgehead atoms. The molecule has 0 spiro atoms. The summed E-state index contributed by atoms with van der Waals surface area (Å²) in [6, 6.07) is 2.16. The monoisotopic (exact) mass is 282 g/mol. The summed E-state index contributed by atoms with van der Waals surface area (Å²) in [6.07, 6.45) is 3.76. The number of halogens is 2. The van der Waals surface area contributed by atoms with E-state index in [0.29, 0.717) is 6.54 Å². The topological polar surface area (TPSA) is 41.1 Å². The molecule has 0 heterocycles. The summed E-state index contributed by atoms with van der Waals surface area (Å²) in [4.78, 5) is 12.1. The highest BCUT2D eigenvalue weighted by Gasteiger charge is 2.36. The van der Waals surface area contributed by atoms with Gasteiger partial charge in [0.25, 0.3) is 5.91 Å². The third-order valence-electron chi connectivity index (χ3n) is 4.02.